The zero-order chi connectivity index (χ0) is 13.5. The van der Waals surface area contributed by atoms with Gasteiger partial charge < -0.3 is 15.0 Å². The predicted octanol–water partition coefficient (Wildman–Crippen LogP) is 3.18. The number of hydrogen-bond acceptors (Lipinski definition) is 3. The van der Waals surface area contributed by atoms with E-state index in [1.165, 1.54) is 0 Å². The number of nitrogens with one attached hydrogen (secondary N) is 1. The molecule has 0 aliphatic carbocycles. The van der Waals surface area contributed by atoms with E-state index < -0.39 is 0 Å². The highest BCUT2D eigenvalue weighted by Gasteiger charge is 2.06. The van der Waals surface area contributed by atoms with Crippen LogP contribution in [0.3, 0.4) is 0 Å². The van der Waals surface area contributed by atoms with E-state index >= 15 is 0 Å². The summed E-state index contributed by atoms with van der Waals surface area (Å²) in [4.78, 5) is 2.11. The quantitative estimate of drug-likeness (QED) is 0.618. The van der Waals surface area contributed by atoms with Crippen molar-refractivity contribution in [3.8, 4) is 5.75 Å². The number of halogens is 3. The molecule has 3 nitrogen and oxygen atoms in total. The van der Waals surface area contributed by atoms with E-state index in [9.17, 15) is 0 Å². The van der Waals surface area contributed by atoms with Crippen LogP contribution >= 0.6 is 34.8 Å². The van der Waals surface area contributed by atoms with Crippen molar-refractivity contribution in [2.24, 2.45) is 0 Å². The van der Waals surface area contributed by atoms with Crippen LogP contribution in [0.25, 0.3) is 0 Å². The highest BCUT2D eigenvalue weighted by molar-refractivity contribution is 6.43. The van der Waals surface area contributed by atoms with Crippen molar-refractivity contribution in [1.82, 2.24) is 10.2 Å². The van der Waals surface area contributed by atoms with E-state index in [2.05, 4.69) is 10.2 Å². The number of nitrogens with zero attached hydrogens (tertiary/aromatic N) is 1. The Bertz CT molecular complexity index is 386. The Morgan fingerprint density at radius 2 is 1.72 bits per heavy atom. The first-order chi connectivity index (χ1) is 8.50. The van der Waals surface area contributed by atoms with E-state index in [4.69, 9.17) is 39.5 Å². The summed E-state index contributed by atoms with van der Waals surface area (Å²) in [7, 11) is 4.07. The minimum atomic E-state index is 0.429. The molecular formula is C12H17Cl3N2O. The van der Waals surface area contributed by atoms with Crippen LogP contribution in [0, 0.1) is 0 Å². The molecule has 1 N–H and O–H groups in total. The highest BCUT2D eigenvalue weighted by atomic mass is 35.5. The van der Waals surface area contributed by atoms with Crippen LogP contribution in [0.2, 0.25) is 15.1 Å². The normalized spacial score (nSPS) is 11.0. The molecule has 1 aromatic carbocycles. The van der Waals surface area contributed by atoms with Crippen LogP contribution in [0.5, 0.6) is 5.75 Å². The largest absolute Gasteiger partial charge is 0.491 e. The first-order valence-electron chi connectivity index (χ1n) is 5.63. The van der Waals surface area contributed by atoms with Crippen molar-refractivity contribution in [2.75, 3.05) is 40.3 Å². The maximum atomic E-state index is 5.99. The molecule has 0 aromatic heterocycles. The summed E-state index contributed by atoms with van der Waals surface area (Å²) in [6, 6.07) is 3.21. The SMILES string of the molecule is CN(C)CCNCCOc1cc(Cl)c(Cl)cc1Cl. The molecule has 0 bridgehead atoms. The number of ether oxygens (including phenoxy) is 1. The molecule has 1 rings (SSSR count). The molecule has 0 atom stereocenters. The Morgan fingerprint density at radius 1 is 1.06 bits per heavy atom. The molecule has 18 heavy (non-hydrogen) atoms. The van der Waals surface area contributed by atoms with Gasteiger partial charge in [-0.25, -0.2) is 0 Å². The lowest BCUT2D eigenvalue weighted by Crippen LogP contribution is -2.29. The lowest BCUT2D eigenvalue weighted by Gasteiger charge is -2.12. The van der Waals surface area contributed by atoms with Crippen molar-refractivity contribution in [1.29, 1.82) is 0 Å². The molecular weight excluding hydrogens is 295 g/mol. The van der Waals surface area contributed by atoms with Gasteiger partial charge in [0.25, 0.3) is 0 Å². The Balaban J connectivity index is 2.29. The third-order valence-electron chi connectivity index (χ3n) is 2.25. The van der Waals surface area contributed by atoms with Crippen LogP contribution < -0.4 is 10.1 Å². The molecule has 0 heterocycles. The van der Waals surface area contributed by atoms with Gasteiger partial charge in [-0.3, -0.25) is 0 Å². The molecule has 6 heteroatoms. The second-order valence-electron chi connectivity index (χ2n) is 4.10. The Hall–Kier alpha value is -0.190. The van der Waals surface area contributed by atoms with Crippen LogP contribution in [0.1, 0.15) is 0 Å². The lowest BCUT2D eigenvalue weighted by molar-refractivity contribution is 0.308. The van der Waals surface area contributed by atoms with Crippen LogP contribution in [-0.4, -0.2) is 45.2 Å². The minimum Gasteiger partial charge on any atom is -0.491 e. The standard InChI is InChI=1S/C12H17Cl3N2O/c1-17(2)5-3-16-4-6-18-12-8-10(14)9(13)7-11(12)15/h7-8,16H,3-6H2,1-2H3. The van der Waals surface area contributed by atoms with Gasteiger partial charge in [0.1, 0.15) is 12.4 Å². The fourth-order valence-corrected chi connectivity index (χ4v) is 1.87. The molecule has 0 fully saturated rings. The molecule has 0 aliphatic rings. The Kier molecular flexibility index (Phi) is 7.12. The molecule has 0 radical (unpaired) electrons. The van der Waals surface area contributed by atoms with Gasteiger partial charge >= 0.3 is 0 Å². The molecule has 1 aromatic rings. The van der Waals surface area contributed by atoms with Crippen molar-refractivity contribution < 1.29 is 4.74 Å². The summed E-state index contributed by atoms with van der Waals surface area (Å²) in [6.45, 7) is 3.20. The molecule has 0 aliphatic heterocycles. The van der Waals surface area contributed by atoms with Crippen LogP contribution in [0.4, 0.5) is 0 Å². The van der Waals surface area contributed by atoms with Gasteiger partial charge in [-0.15, -0.1) is 0 Å². The number of benzene rings is 1. The van der Waals surface area contributed by atoms with Gasteiger partial charge in [-0.1, -0.05) is 34.8 Å². The van der Waals surface area contributed by atoms with Gasteiger partial charge in [0.2, 0.25) is 0 Å². The van der Waals surface area contributed by atoms with E-state index in [-0.39, 0.29) is 0 Å². The summed E-state index contributed by atoms with van der Waals surface area (Å²) >= 11 is 17.7. The summed E-state index contributed by atoms with van der Waals surface area (Å²) in [5, 5.41) is 4.60. The third-order valence-corrected chi connectivity index (χ3v) is 3.26. The van der Waals surface area contributed by atoms with E-state index in [1.807, 2.05) is 14.1 Å². The predicted molar refractivity (Wildman–Crippen MR) is 78.4 cm³/mol. The first-order valence-corrected chi connectivity index (χ1v) is 6.77. The molecule has 0 saturated heterocycles. The number of hydrogen-bond donors (Lipinski definition) is 1. The summed E-state index contributed by atoms with van der Waals surface area (Å²) in [5.41, 5.74) is 0. The van der Waals surface area contributed by atoms with Crippen molar-refractivity contribution in [2.45, 2.75) is 0 Å². The average Bonchev–Trinajstić information content (AvgIpc) is 2.29. The fourth-order valence-electron chi connectivity index (χ4n) is 1.28. The van der Waals surface area contributed by atoms with Crippen molar-refractivity contribution in [3.63, 3.8) is 0 Å². The first kappa shape index (κ1) is 15.9. The van der Waals surface area contributed by atoms with E-state index in [0.29, 0.717) is 27.4 Å². The molecule has 102 valence electrons. The molecule has 0 spiro atoms. The Morgan fingerprint density at radius 3 is 2.39 bits per heavy atom. The van der Waals surface area contributed by atoms with Gasteiger partial charge in [0, 0.05) is 25.7 Å². The monoisotopic (exact) mass is 310 g/mol. The molecule has 0 saturated carbocycles. The zero-order valence-corrected chi connectivity index (χ0v) is 12.7. The number of likely N-dealkylation sites (N-methyl/N-ethyl adjacent to an activating group) is 1. The summed E-state index contributed by atoms with van der Waals surface area (Å²) < 4.78 is 5.53. The summed E-state index contributed by atoms with van der Waals surface area (Å²) in [6.07, 6.45) is 0. The lowest BCUT2D eigenvalue weighted by atomic mass is 10.3. The van der Waals surface area contributed by atoms with Crippen molar-refractivity contribution in [3.05, 3.63) is 27.2 Å². The smallest absolute Gasteiger partial charge is 0.139 e. The topological polar surface area (TPSA) is 24.5 Å². The second-order valence-corrected chi connectivity index (χ2v) is 5.32. The van der Waals surface area contributed by atoms with E-state index in [1.54, 1.807) is 12.1 Å². The van der Waals surface area contributed by atoms with Crippen LogP contribution in [-0.2, 0) is 0 Å². The second kappa shape index (κ2) is 8.08. The average molecular weight is 312 g/mol. The molecule has 0 amide bonds. The van der Waals surface area contributed by atoms with Gasteiger partial charge in [0.05, 0.1) is 15.1 Å². The zero-order valence-electron chi connectivity index (χ0n) is 10.5. The van der Waals surface area contributed by atoms with Gasteiger partial charge in [0.15, 0.2) is 0 Å². The molecule has 0 unspecified atom stereocenters. The van der Waals surface area contributed by atoms with Gasteiger partial charge in [-0.05, 0) is 20.2 Å². The van der Waals surface area contributed by atoms with Gasteiger partial charge in [-0.2, -0.15) is 0 Å². The van der Waals surface area contributed by atoms with E-state index in [0.717, 1.165) is 19.6 Å². The third kappa shape index (κ3) is 5.63. The number of rotatable bonds is 7. The maximum Gasteiger partial charge on any atom is 0.139 e. The highest BCUT2D eigenvalue weighted by Crippen LogP contribution is 2.33. The van der Waals surface area contributed by atoms with Crippen LogP contribution in [0.15, 0.2) is 12.1 Å². The fraction of sp³-hybridized carbons (Fsp3) is 0.500. The Labute approximate surface area is 123 Å². The minimum absolute atomic E-state index is 0.429. The maximum absolute atomic E-state index is 5.99. The summed E-state index contributed by atoms with van der Waals surface area (Å²) in [5.74, 6) is 0.556. The van der Waals surface area contributed by atoms with Crippen molar-refractivity contribution >= 4 is 34.8 Å².